The van der Waals surface area contributed by atoms with E-state index in [1.807, 2.05) is 6.92 Å². The summed E-state index contributed by atoms with van der Waals surface area (Å²) >= 11 is 0. The molecule has 0 aliphatic carbocycles. The average molecular weight is 277 g/mol. The number of amides is 1. The van der Waals surface area contributed by atoms with Crippen LogP contribution in [0.5, 0.6) is 0 Å². The van der Waals surface area contributed by atoms with Crippen molar-refractivity contribution in [1.82, 2.24) is 9.88 Å². The van der Waals surface area contributed by atoms with Crippen molar-refractivity contribution in [3.63, 3.8) is 0 Å². The number of nitrogens with zero attached hydrogens (tertiary/aromatic N) is 1. The molecule has 0 bridgehead atoms. The van der Waals surface area contributed by atoms with Crippen molar-refractivity contribution in [3.8, 4) is 0 Å². The first-order valence-corrected chi connectivity index (χ1v) is 7.34. The molecule has 1 aliphatic rings. The predicted molar refractivity (Wildman–Crippen MR) is 79.8 cm³/mol. The molecule has 1 aromatic rings. The summed E-state index contributed by atoms with van der Waals surface area (Å²) in [5.41, 5.74) is 0.345. The molecule has 2 heterocycles. The van der Waals surface area contributed by atoms with E-state index in [-0.39, 0.29) is 16.9 Å². The summed E-state index contributed by atoms with van der Waals surface area (Å²) in [6.45, 7) is 6.24. The summed E-state index contributed by atoms with van der Waals surface area (Å²) in [6.07, 6.45) is 4.46. The molecule has 1 amide bonds. The third kappa shape index (κ3) is 2.93. The molecule has 110 valence electrons. The number of hydrogen-bond acceptors (Lipinski definition) is 3. The molecule has 2 rings (SSSR count). The van der Waals surface area contributed by atoms with Gasteiger partial charge in [0.2, 0.25) is 5.91 Å². The lowest BCUT2D eigenvalue weighted by atomic mass is 9.81. The van der Waals surface area contributed by atoms with Gasteiger partial charge >= 0.3 is 0 Å². The average Bonchev–Trinajstić information content (AvgIpc) is 2.91. The Morgan fingerprint density at radius 3 is 2.85 bits per heavy atom. The number of aromatic nitrogens is 1. The highest BCUT2D eigenvalue weighted by molar-refractivity contribution is 5.95. The molecule has 1 aliphatic heterocycles. The van der Waals surface area contributed by atoms with Crippen LogP contribution in [0.4, 0.5) is 5.69 Å². The van der Waals surface area contributed by atoms with Crippen LogP contribution in [0.15, 0.2) is 23.1 Å². The number of rotatable bonds is 5. The third-order valence-electron chi connectivity index (χ3n) is 4.04. The van der Waals surface area contributed by atoms with Crippen LogP contribution < -0.4 is 16.2 Å². The van der Waals surface area contributed by atoms with E-state index >= 15 is 0 Å². The SMILES string of the molecule is CCCC1(C(=O)Nc2ccc(=O)n(CC)c2)CCNC1. The number of anilines is 1. The quantitative estimate of drug-likeness (QED) is 0.859. The molecule has 20 heavy (non-hydrogen) atoms. The molecule has 1 fully saturated rings. The fraction of sp³-hybridized carbons (Fsp3) is 0.600. The smallest absolute Gasteiger partial charge is 0.250 e. The Morgan fingerprint density at radius 2 is 2.25 bits per heavy atom. The Hall–Kier alpha value is -1.62. The maximum atomic E-state index is 12.6. The number of nitrogens with one attached hydrogen (secondary N) is 2. The molecule has 1 aromatic heterocycles. The summed E-state index contributed by atoms with van der Waals surface area (Å²) in [4.78, 5) is 24.1. The van der Waals surface area contributed by atoms with Crippen molar-refractivity contribution in [2.24, 2.45) is 5.41 Å². The highest BCUT2D eigenvalue weighted by atomic mass is 16.2. The number of pyridine rings is 1. The lowest BCUT2D eigenvalue weighted by Gasteiger charge is -2.26. The Labute approximate surface area is 119 Å². The molecule has 5 heteroatoms. The van der Waals surface area contributed by atoms with Crippen LogP contribution in [-0.4, -0.2) is 23.6 Å². The molecule has 1 saturated heterocycles. The van der Waals surface area contributed by atoms with Crippen molar-refractivity contribution in [2.75, 3.05) is 18.4 Å². The molecule has 0 aromatic carbocycles. The third-order valence-corrected chi connectivity index (χ3v) is 4.04. The molecule has 0 saturated carbocycles. The summed E-state index contributed by atoms with van der Waals surface area (Å²) < 4.78 is 1.59. The highest BCUT2D eigenvalue weighted by Gasteiger charge is 2.40. The molecular weight excluding hydrogens is 254 g/mol. The molecular formula is C15H23N3O2. The van der Waals surface area contributed by atoms with Gasteiger partial charge < -0.3 is 15.2 Å². The maximum Gasteiger partial charge on any atom is 0.250 e. The molecule has 0 spiro atoms. The first-order chi connectivity index (χ1) is 9.61. The van der Waals surface area contributed by atoms with Crippen molar-refractivity contribution < 1.29 is 4.79 Å². The van der Waals surface area contributed by atoms with Crippen LogP contribution >= 0.6 is 0 Å². The monoisotopic (exact) mass is 277 g/mol. The molecule has 1 unspecified atom stereocenters. The van der Waals surface area contributed by atoms with Crippen molar-refractivity contribution in [1.29, 1.82) is 0 Å². The fourth-order valence-corrected chi connectivity index (χ4v) is 2.86. The molecule has 5 nitrogen and oxygen atoms in total. The summed E-state index contributed by atoms with van der Waals surface area (Å²) in [5.74, 6) is 0.0608. The zero-order valence-corrected chi connectivity index (χ0v) is 12.2. The Balaban J connectivity index is 2.16. The largest absolute Gasteiger partial charge is 0.324 e. The topological polar surface area (TPSA) is 63.1 Å². The molecule has 1 atom stereocenters. The van der Waals surface area contributed by atoms with Gasteiger partial charge in [0.15, 0.2) is 0 Å². The van der Waals surface area contributed by atoms with E-state index in [1.54, 1.807) is 16.8 Å². The number of carbonyl (C=O) groups is 1. The van der Waals surface area contributed by atoms with Crippen LogP contribution in [-0.2, 0) is 11.3 Å². The van der Waals surface area contributed by atoms with Crippen LogP contribution in [0.2, 0.25) is 0 Å². The van der Waals surface area contributed by atoms with Crippen molar-refractivity contribution in [3.05, 3.63) is 28.7 Å². The lowest BCUT2D eigenvalue weighted by Crippen LogP contribution is -2.38. The summed E-state index contributed by atoms with van der Waals surface area (Å²) in [5, 5.41) is 6.25. The zero-order valence-electron chi connectivity index (χ0n) is 12.2. The summed E-state index contributed by atoms with van der Waals surface area (Å²) in [7, 11) is 0. The number of aryl methyl sites for hydroxylation is 1. The van der Waals surface area contributed by atoms with E-state index in [2.05, 4.69) is 17.6 Å². The van der Waals surface area contributed by atoms with Gasteiger partial charge in [0.05, 0.1) is 11.1 Å². The second kappa shape index (κ2) is 6.22. The lowest BCUT2D eigenvalue weighted by molar-refractivity contribution is -0.125. The van der Waals surface area contributed by atoms with Gasteiger partial charge in [0, 0.05) is 25.4 Å². The molecule has 2 N–H and O–H groups in total. The van der Waals surface area contributed by atoms with Gasteiger partial charge in [-0.1, -0.05) is 13.3 Å². The maximum absolute atomic E-state index is 12.6. The number of carbonyl (C=O) groups excluding carboxylic acids is 1. The second-order valence-corrected chi connectivity index (χ2v) is 5.45. The van der Waals surface area contributed by atoms with E-state index < -0.39 is 0 Å². The minimum atomic E-state index is -0.304. The molecule has 0 radical (unpaired) electrons. The van der Waals surface area contributed by atoms with Gasteiger partial charge in [-0.3, -0.25) is 9.59 Å². The Kier molecular flexibility index (Phi) is 4.60. The standard InChI is InChI=1S/C15H23N3O2/c1-3-7-15(8-9-16-11-15)14(20)17-12-5-6-13(19)18(4-2)10-12/h5-6,10,16H,3-4,7-9,11H2,1-2H3,(H,17,20). The normalized spacial score (nSPS) is 21.9. The van der Waals surface area contributed by atoms with Crippen LogP contribution in [0.1, 0.15) is 33.1 Å². The van der Waals surface area contributed by atoms with Gasteiger partial charge in [-0.2, -0.15) is 0 Å². The highest BCUT2D eigenvalue weighted by Crippen LogP contribution is 2.32. The van der Waals surface area contributed by atoms with Gasteiger partial charge in [0.1, 0.15) is 0 Å². The first-order valence-electron chi connectivity index (χ1n) is 7.34. The van der Waals surface area contributed by atoms with E-state index in [0.717, 1.165) is 32.4 Å². The van der Waals surface area contributed by atoms with Gasteiger partial charge in [0.25, 0.3) is 5.56 Å². The Bertz CT molecular complexity index is 530. The summed E-state index contributed by atoms with van der Waals surface area (Å²) in [6, 6.07) is 3.17. The van der Waals surface area contributed by atoms with E-state index in [4.69, 9.17) is 0 Å². The van der Waals surface area contributed by atoms with E-state index in [1.165, 1.54) is 6.07 Å². The Morgan fingerprint density at radius 1 is 1.45 bits per heavy atom. The van der Waals surface area contributed by atoms with Crippen LogP contribution in [0.25, 0.3) is 0 Å². The van der Waals surface area contributed by atoms with Gasteiger partial charge in [-0.25, -0.2) is 0 Å². The van der Waals surface area contributed by atoms with Crippen LogP contribution in [0.3, 0.4) is 0 Å². The fourth-order valence-electron chi connectivity index (χ4n) is 2.86. The van der Waals surface area contributed by atoms with Crippen molar-refractivity contribution in [2.45, 2.75) is 39.7 Å². The minimum absolute atomic E-state index is 0.0451. The zero-order chi connectivity index (χ0) is 14.6. The second-order valence-electron chi connectivity index (χ2n) is 5.45. The van der Waals surface area contributed by atoms with Gasteiger partial charge in [-0.15, -0.1) is 0 Å². The number of hydrogen-bond donors (Lipinski definition) is 2. The van der Waals surface area contributed by atoms with Crippen LogP contribution in [0, 0.1) is 5.41 Å². The van der Waals surface area contributed by atoms with E-state index in [9.17, 15) is 9.59 Å². The van der Waals surface area contributed by atoms with Gasteiger partial charge in [-0.05, 0) is 32.4 Å². The predicted octanol–water partition coefficient (Wildman–Crippen LogP) is 1.59. The first kappa shape index (κ1) is 14.8. The van der Waals surface area contributed by atoms with Crippen molar-refractivity contribution >= 4 is 11.6 Å². The minimum Gasteiger partial charge on any atom is -0.324 e. The van der Waals surface area contributed by atoms with E-state index in [0.29, 0.717) is 12.2 Å².